The van der Waals surface area contributed by atoms with Crippen LogP contribution in [0.2, 0.25) is 5.15 Å². The van der Waals surface area contributed by atoms with Crippen molar-refractivity contribution in [2.24, 2.45) is 0 Å². The smallest absolute Gasteiger partial charge is 0.205 e. The molecule has 2 aromatic heterocycles. The highest BCUT2D eigenvalue weighted by molar-refractivity contribution is 9.10. The van der Waals surface area contributed by atoms with E-state index in [-0.39, 0.29) is 5.15 Å². The number of fused-ring (bicyclic) bond motifs is 1. The fourth-order valence-corrected chi connectivity index (χ4v) is 7.94. The SMILES string of the molecule is Cc1nc(Cl)c(C=O)n1Cc1c2ccocc-2c(Br)c1-c1ccccc1-c1nnn(C(c2ccccc2)(c2ccccc2)c2ccccc2)n1. The van der Waals surface area contributed by atoms with Crippen LogP contribution in [0.25, 0.3) is 33.6 Å². The van der Waals surface area contributed by atoms with Gasteiger partial charge in [0.15, 0.2) is 17.0 Å². The van der Waals surface area contributed by atoms with Crippen LogP contribution in [0.15, 0.2) is 143 Å². The summed E-state index contributed by atoms with van der Waals surface area (Å²) in [6, 6.07) is 40.7. The Labute approximate surface area is 301 Å². The van der Waals surface area contributed by atoms with Gasteiger partial charge >= 0.3 is 0 Å². The molecule has 0 N–H and O–H groups in total. The summed E-state index contributed by atoms with van der Waals surface area (Å²) < 4.78 is 8.29. The average Bonchev–Trinajstić information content (AvgIpc) is 3.84. The molecule has 0 saturated carbocycles. The number of benzene rings is 4. The van der Waals surface area contributed by atoms with E-state index in [9.17, 15) is 4.79 Å². The molecular formula is C40H28BrClN6O2. The quantitative estimate of drug-likeness (QED) is 0.108. The van der Waals surface area contributed by atoms with Crippen molar-refractivity contribution in [1.29, 1.82) is 0 Å². The largest absolute Gasteiger partial charge is 0.472 e. The number of hydrogen-bond acceptors (Lipinski definition) is 6. The van der Waals surface area contributed by atoms with Crippen molar-refractivity contribution in [3.63, 3.8) is 0 Å². The highest BCUT2D eigenvalue weighted by atomic mass is 79.9. The summed E-state index contributed by atoms with van der Waals surface area (Å²) in [4.78, 5) is 18.2. The fraction of sp³-hybridized carbons (Fsp3) is 0.0750. The lowest BCUT2D eigenvalue weighted by Gasteiger charge is -2.34. The first-order valence-corrected chi connectivity index (χ1v) is 17.1. The number of aryl methyl sites for hydroxylation is 1. The molecular weight excluding hydrogens is 712 g/mol. The molecule has 6 aromatic rings. The molecule has 0 fully saturated rings. The van der Waals surface area contributed by atoms with E-state index in [1.165, 1.54) is 0 Å². The third-order valence-corrected chi connectivity index (χ3v) is 10.3. The molecule has 0 radical (unpaired) electrons. The molecule has 1 aliphatic carbocycles. The van der Waals surface area contributed by atoms with Gasteiger partial charge in [0, 0.05) is 21.2 Å². The molecule has 50 heavy (non-hydrogen) atoms. The third kappa shape index (κ3) is 5.09. The number of aldehydes is 1. The van der Waals surface area contributed by atoms with E-state index in [1.807, 2.05) is 96.4 Å². The van der Waals surface area contributed by atoms with Crippen molar-refractivity contribution in [3.05, 3.63) is 177 Å². The topological polar surface area (TPSA) is 91.6 Å². The summed E-state index contributed by atoms with van der Waals surface area (Å²) in [5.74, 6) is 1.09. The Morgan fingerprint density at radius 1 is 0.780 bits per heavy atom. The van der Waals surface area contributed by atoms with E-state index < -0.39 is 5.54 Å². The minimum Gasteiger partial charge on any atom is -0.472 e. The zero-order valence-electron chi connectivity index (χ0n) is 26.7. The summed E-state index contributed by atoms with van der Waals surface area (Å²) >= 11 is 10.3. The van der Waals surface area contributed by atoms with Gasteiger partial charge in [-0.3, -0.25) is 4.79 Å². The molecule has 0 amide bonds. The molecule has 0 saturated heterocycles. The van der Waals surface area contributed by atoms with E-state index in [0.29, 0.717) is 23.9 Å². The molecule has 1 aliphatic heterocycles. The summed E-state index contributed by atoms with van der Waals surface area (Å²) in [5, 5.41) is 14.9. The first kappa shape index (κ1) is 31.6. The molecule has 8 nitrogen and oxygen atoms in total. The van der Waals surface area contributed by atoms with Crippen molar-refractivity contribution in [2.45, 2.75) is 19.0 Å². The fourth-order valence-electron chi connectivity index (χ4n) is 6.91. The molecule has 10 heteroatoms. The highest BCUT2D eigenvalue weighted by Gasteiger charge is 2.41. The molecule has 0 spiro atoms. The monoisotopic (exact) mass is 738 g/mol. The van der Waals surface area contributed by atoms with Crippen molar-refractivity contribution in [3.8, 4) is 33.6 Å². The lowest BCUT2D eigenvalue weighted by Crippen LogP contribution is -2.39. The maximum Gasteiger partial charge on any atom is 0.205 e. The van der Waals surface area contributed by atoms with Gasteiger partial charge in [-0.15, -0.1) is 15.0 Å². The Hall–Kier alpha value is -5.64. The highest BCUT2D eigenvalue weighted by Crippen LogP contribution is 2.49. The first-order valence-electron chi connectivity index (χ1n) is 15.9. The Kier molecular flexibility index (Phi) is 8.22. The number of carbonyl (C=O) groups is 1. The minimum atomic E-state index is -0.921. The number of aromatic nitrogens is 6. The number of imidazole rings is 1. The summed E-state index contributed by atoms with van der Waals surface area (Å²) in [6.45, 7) is 2.18. The Bertz CT molecular complexity index is 2320. The number of rotatable bonds is 9. The predicted molar refractivity (Wildman–Crippen MR) is 196 cm³/mol. The molecule has 0 atom stereocenters. The molecule has 0 unspecified atom stereocenters. The van der Waals surface area contributed by atoms with Gasteiger partial charge in [-0.2, -0.15) is 0 Å². The number of carbonyl (C=O) groups excluding carboxylic acids is 1. The standard InChI is InChI=1S/C40H28BrClN6O2/c1-26-43-38(42)35(24-49)47(26)23-33-30-21-22-50-25-34(30)37(41)36(33)31-19-11-12-20-32(31)39-44-46-48(45-39)40(27-13-5-2-6-14-27,28-15-7-3-8-16-28)29-17-9-4-10-18-29/h2-22,24-25H,23H2,1H3. The van der Waals surface area contributed by atoms with Gasteiger partial charge in [0.2, 0.25) is 5.82 Å². The lowest BCUT2D eigenvalue weighted by molar-refractivity contribution is 0.111. The van der Waals surface area contributed by atoms with Crippen LogP contribution in [0.4, 0.5) is 0 Å². The number of tetrazole rings is 1. The van der Waals surface area contributed by atoms with Gasteiger partial charge in [0.1, 0.15) is 11.5 Å². The number of halogens is 2. The van der Waals surface area contributed by atoms with Crippen LogP contribution in [-0.4, -0.2) is 36.0 Å². The van der Waals surface area contributed by atoms with Gasteiger partial charge in [-0.1, -0.05) is 127 Å². The van der Waals surface area contributed by atoms with Crippen molar-refractivity contribution in [1.82, 2.24) is 29.8 Å². The maximum absolute atomic E-state index is 12.1. The average molecular weight is 740 g/mol. The Morgan fingerprint density at radius 2 is 1.36 bits per heavy atom. The zero-order valence-corrected chi connectivity index (χ0v) is 29.1. The van der Waals surface area contributed by atoms with E-state index in [4.69, 9.17) is 31.4 Å². The van der Waals surface area contributed by atoms with Crippen LogP contribution >= 0.6 is 27.5 Å². The van der Waals surface area contributed by atoms with Crippen LogP contribution in [0, 0.1) is 6.92 Å². The molecule has 4 aromatic carbocycles. The summed E-state index contributed by atoms with van der Waals surface area (Å²) in [5.41, 5.74) is 7.75. The first-order chi connectivity index (χ1) is 24.5. The van der Waals surface area contributed by atoms with E-state index in [0.717, 1.165) is 60.8 Å². The zero-order chi connectivity index (χ0) is 34.2. The van der Waals surface area contributed by atoms with Crippen molar-refractivity contribution >= 4 is 33.8 Å². The lowest BCUT2D eigenvalue weighted by atomic mass is 9.77. The van der Waals surface area contributed by atoms with Crippen LogP contribution in [0.3, 0.4) is 0 Å². The van der Waals surface area contributed by atoms with Crippen molar-refractivity contribution in [2.75, 3.05) is 0 Å². The van der Waals surface area contributed by atoms with E-state index in [1.54, 1.807) is 17.3 Å². The second kappa shape index (κ2) is 13.0. The van der Waals surface area contributed by atoms with Crippen LogP contribution in [0.1, 0.15) is 38.6 Å². The van der Waals surface area contributed by atoms with Crippen molar-refractivity contribution < 1.29 is 9.21 Å². The van der Waals surface area contributed by atoms with Gasteiger partial charge in [0.05, 0.1) is 19.1 Å². The molecule has 0 bridgehead atoms. The second-order valence-electron chi connectivity index (χ2n) is 11.8. The van der Waals surface area contributed by atoms with Gasteiger partial charge in [-0.25, -0.2) is 4.98 Å². The summed E-state index contributed by atoms with van der Waals surface area (Å²) in [7, 11) is 0. The predicted octanol–water partition coefficient (Wildman–Crippen LogP) is 9.33. The van der Waals surface area contributed by atoms with E-state index in [2.05, 4.69) is 57.3 Å². The number of hydrogen-bond donors (Lipinski definition) is 0. The third-order valence-electron chi connectivity index (χ3n) is 9.18. The maximum atomic E-state index is 12.1. The van der Waals surface area contributed by atoms with Gasteiger partial charge in [0.25, 0.3) is 0 Å². The van der Waals surface area contributed by atoms with Gasteiger partial charge < -0.3 is 8.98 Å². The van der Waals surface area contributed by atoms with E-state index >= 15 is 0 Å². The Morgan fingerprint density at radius 3 is 1.96 bits per heavy atom. The summed E-state index contributed by atoms with van der Waals surface area (Å²) in [6.07, 6.45) is 4.10. The number of nitrogens with zero attached hydrogens (tertiary/aromatic N) is 6. The van der Waals surface area contributed by atoms with Crippen LogP contribution < -0.4 is 0 Å². The second-order valence-corrected chi connectivity index (χ2v) is 13.0. The molecule has 2 aliphatic rings. The Balaban J connectivity index is 1.35. The minimum absolute atomic E-state index is 0.170. The molecule has 8 rings (SSSR count). The molecule has 3 heterocycles. The van der Waals surface area contributed by atoms with Crippen LogP contribution in [-0.2, 0) is 12.1 Å². The van der Waals surface area contributed by atoms with Gasteiger partial charge in [-0.05, 0) is 67.5 Å². The normalized spacial score (nSPS) is 11.7. The molecule has 244 valence electrons. The van der Waals surface area contributed by atoms with Crippen LogP contribution in [0.5, 0.6) is 0 Å².